The van der Waals surface area contributed by atoms with Gasteiger partial charge in [-0.2, -0.15) is 0 Å². The average molecular weight is 1530 g/mol. The van der Waals surface area contributed by atoms with E-state index in [0.29, 0.717) is 35.5 Å². The van der Waals surface area contributed by atoms with Gasteiger partial charge < -0.3 is 40.5 Å². The molecule has 8 fully saturated rings. The van der Waals surface area contributed by atoms with Crippen LogP contribution >= 0.6 is 20.9 Å². The van der Waals surface area contributed by atoms with Crippen molar-refractivity contribution in [2.24, 2.45) is 46.3 Å². The molecular formula is C85H128BrNO10S4. The van der Waals surface area contributed by atoms with Crippen LogP contribution in [0.3, 0.4) is 0 Å². The number of esters is 2. The highest BCUT2D eigenvalue weighted by molar-refractivity contribution is 7.85. The lowest BCUT2D eigenvalue weighted by Crippen LogP contribution is -3.11. The number of benzene rings is 4. The van der Waals surface area contributed by atoms with Crippen molar-refractivity contribution in [3.63, 3.8) is 0 Å². The maximum Gasteiger partial charge on any atom is 0.312 e. The fourth-order valence-corrected chi connectivity index (χ4v) is 22.3. The average Bonchev–Trinajstić information content (AvgIpc) is 1.58. The second kappa shape index (κ2) is 44.2. The van der Waals surface area contributed by atoms with E-state index in [1.165, 1.54) is 241 Å². The molecule has 0 aliphatic heterocycles. The molecule has 16 heteroatoms. The van der Waals surface area contributed by atoms with Crippen LogP contribution in [0.2, 0.25) is 0 Å². The summed E-state index contributed by atoms with van der Waals surface area (Å²) in [6, 6.07) is 40.9. The first-order valence-electron chi connectivity index (χ1n) is 39.1. The molecule has 564 valence electrons. The maximum atomic E-state index is 12.3. The normalized spacial score (nSPS) is 22.3. The highest BCUT2D eigenvalue weighted by Crippen LogP contribution is 2.62. The zero-order chi connectivity index (χ0) is 70.5. The van der Waals surface area contributed by atoms with E-state index >= 15 is 0 Å². The summed E-state index contributed by atoms with van der Waals surface area (Å²) in [4.78, 5) is 29.1. The number of unbranched alkanes of at least 4 members (excludes halogenated alkanes) is 18. The topological polar surface area (TPSA) is 171 Å². The van der Waals surface area contributed by atoms with E-state index in [4.69, 9.17) is 9.47 Å². The van der Waals surface area contributed by atoms with Crippen molar-refractivity contribution in [1.82, 2.24) is 0 Å². The zero-order valence-corrected chi connectivity index (χ0v) is 66.4. The van der Waals surface area contributed by atoms with Gasteiger partial charge in [-0.15, -0.1) is 0 Å². The van der Waals surface area contributed by atoms with Crippen molar-refractivity contribution < 1.29 is 66.9 Å². The Morgan fingerprint density at radius 3 is 0.960 bits per heavy atom. The van der Waals surface area contributed by atoms with Gasteiger partial charge in [0.05, 0.1) is 62.2 Å². The van der Waals surface area contributed by atoms with Crippen molar-refractivity contribution >= 4 is 73.3 Å². The first-order chi connectivity index (χ1) is 47.8. The molecule has 14 rings (SSSR count). The van der Waals surface area contributed by atoms with Gasteiger partial charge in [0.25, 0.3) is 0 Å². The molecule has 8 aliphatic carbocycles. The molecule has 0 saturated heterocycles. The number of rotatable bonds is 35. The van der Waals surface area contributed by atoms with E-state index in [9.17, 15) is 35.5 Å². The highest BCUT2D eigenvalue weighted by Gasteiger charge is 2.57. The second-order valence-electron chi connectivity index (χ2n) is 30.5. The summed E-state index contributed by atoms with van der Waals surface area (Å²) in [5.41, 5.74) is 2.25. The van der Waals surface area contributed by atoms with Crippen LogP contribution in [-0.4, -0.2) is 82.2 Å². The number of ether oxygens (including phenoxy) is 2. The number of fused-ring (bicyclic) bond motifs is 2. The number of aryl methyl sites for hydroxylation is 2. The molecule has 2 atom stereocenters. The Bertz CT molecular complexity index is 3260. The van der Waals surface area contributed by atoms with Crippen molar-refractivity contribution in [3.8, 4) is 9.79 Å². The van der Waals surface area contributed by atoms with Gasteiger partial charge in [0.15, 0.2) is 19.2 Å². The number of carbonyl (C=O) groups excluding carboxylic acids is 2. The number of thiophene rings is 2. The summed E-state index contributed by atoms with van der Waals surface area (Å²) < 4.78 is 76.2. The van der Waals surface area contributed by atoms with Gasteiger partial charge in [-0.25, -0.2) is 16.8 Å². The minimum atomic E-state index is -4.30. The Morgan fingerprint density at radius 2 is 0.693 bits per heavy atom. The number of hydrogen-bond acceptors (Lipinski definition) is 10. The number of hydrogen-bond donors (Lipinski definition) is 1. The standard InChI is InChI=1S/2C26H35S.2C13H20O5S.C6H15N.CH4.BrH/c2*1-2-3-4-5-6-7-8-9-10-11-14-23-17-19-25(20-18-23)27-22-21-24-15-12-13-16-26(24)27;2*14-12(18-1-2-19(15,16)17)13-6-9-3-10(7-13)5-11(4-9)8-13;1-4-7(5-2)6-3;;/h2*12-13,15-22H,2-11,14H2,1H3;2*9-11H,1-8H2,(H,15,16,17);4-6H2,1-3H3;1H4;1H/q2*+1;;;;;/p-2. The fraction of sp³-hybridized carbons (Fsp3) is 0.647. The lowest BCUT2D eigenvalue weighted by molar-refractivity contribution is -0.894. The molecule has 0 amide bonds. The third-order valence-electron chi connectivity index (χ3n) is 22.6. The Hall–Kier alpha value is -4.00. The summed E-state index contributed by atoms with van der Waals surface area (Å²) in [7, 11) is -8.34. The molecule has 1 N–H and O–H groups in total. The van der Waals surface area contributed by atoms with Gasteiger partial charge in [0, 0.05) is 43.8 Å². The molecule has 101 heavy (non-hydrogen) atoms. The van der Waals surface area contributed by atoms with E-state index in [2.05, 4.69) is 155 Å². The quantitative estimate of drug-likeness (QED) is 0.0175. The van der Waals surface area contributed by atoms with Crippen LogP contribution in [0.15, 0.2) is 120 Å². The third-order valence-corrected chi connectivity index (χ3v) is 28.0. The first-order valence-corrected chi connectivity index (χ1v) is 44.8. The third kappa shape index (κ3) is 28.0. The van der Waals surface area contributed by atoms with Gasteiger partial charge in [-0.3, -0.25) is 9.59 Å². The monoisotopic (exact) mass is 1530 g/mol. The zero-order valence-electron chi connectivity index (χ0n) is 61.6. The van der Waals surface area contributed by atoms with Crippen molar-refractivity contribution in [1.29, 1.82) is 0 Å². The molecule has 0 radical (unpaired) electrons. The van der Waals surface area contributed by atoms with Gasteiger partial charge >= 0.3 is 11.9 Å². The predicted molar refractivity (Wildman–Crippen MR) is 418 cm³/mol. The Kier molecular flexibility index (Phi) is 37.6. The number of halogens is 1. The summed E-state index contributed by atoms with van der Waals surface area (Å²) >= 11 is 0. The fourth-order valence-electron chi connectivity index (χ4n) is 18.0. The molecule has 8 aliphatic rings. The summed E-state index contributed by atoms with van der Waals surface area (Å²) in [5, 5.41) is 7.50. The molecular weight excluding hydrogens is 1400 g/mol. The molecule has 4 aromatic carbocycles. The smallest absolute Gasteiger partial charge is 0.312 e. The Labute approximate surface area is 627 Å². The van der Waals surface area contributed by atoms with Crippen LogP contribution < -0.4 is 21.9 Å². The summed E-state index contributed by atoms with van der Waals surface area (Å²) in [5.74, 6) is 2.07. The van der Waals surface area contributed by atoms with E-state index < -0.39 is 31.7 Å². The molecule has 8 bridgehead atoms. The van der Waals surface area contributed by atoms with Gasteiger partial charge in [0.1, 0.15) is 24.0 Å². The molecule has 8 saturated carbocycles. The van der Waals surface area contributed by atoms with Crippen LogP contribution in [0.25, 0.3) is 30.0 Å². The van der Waals surface area contributed by atoms with Crippen molar-refractivity contribution in [3.05, 3.63) is 131 Å². The number of quaternary nitrogens is 1. The largest absolute Gasteiger partial charge is 1.00 e. The van der Waals surface area contributed by atoms with Crippen molar-refractivity contribution in [2.45, 2.75) is 260 Å². The Balaban J connectivity index is 0.000000206. The molecule has 2 unspecified atom stereocenters. The molecule has 6 aromatic rings. The van der Waals surface area contributed by atoms with Crippen LogP contribution in [-0.2, 0) is 52.1 Å². The van der Waals surface area contributed by atoms with Gasteiger partial charge in [-0.1, -0.05) is 185 Å². The lowest BCUT2D eigenvalue weighted by Gasteiger charge is -2.55. The van der Waals surface area contributed by atoms with E-state index in [1.807, 2.05) is 0 Å². The van der Waals surface area contributed by atoms with Crippen LogP contribution in [0.5, 0.6) is 0 Å². The molecule has 2 heterocycles. The Morgan fingerprint density at radius 1 is 0.416 bits per heavy atom. The van der Waals surface area contributed by atoms with E-state index in [-0.39, 0.29) is 81.3 Å². The van der Waals surface area contributed by atoms with Crippen LogP contribution in [0, 0.1) is 46.3 Å². The predicted octanol–water partition coefficient (Wildman–Crippen LogP) is 18.2. The van der Waals surface area contributed by atoms with Crippen molar-refractivity contribution in [2.75, 3.05) is 44.4 Å². The number of carbonyl (C=O) groups is 2. The lowest BCUT2D eigenvalue weighted by atomic mass is 9.49. The highest BCUT2D eigenvalue weighted by atomic mass is 79.9. The van der Waals surface area contributed by atoms with Crippen LogP contribution in [0.4, 0.5) is 0 Å². The minimum absolute atomic E-state index is 0. The van der Waals surface area contributed by atoms with Gasteiger partial charge in [0.2, 0.25) is 0 Å². The molecule has 2 aromatic heterocycles. The van der Waals surface area contributed by atoms with Crippen LogP contribution in [0.1, 0.15) is 259 Å². The summed E-state index contributed by atoms with van der Waals surface area (Å²) in [6.45, 7) is 14.5. The van der Waals surface area contributed by atoms with Gasteiger partial charge in [-0.05, 0) is 219 Å². The SMILES string of the molecule is C.CCCCCCCCCCCCc1ccc(-[s+]2ccc3ccccc32)cc1.CCCCCCCCCCCCc1ccc(-[s+]2ccc3ccccc32)cc1.CC[NH+](CC)CC.O=C(OCCS(=O)(=O)[O-])C12CC3CC(CC(C3)C1)C2.O=C(OCCS(=O)(=O)[O-])C12CC3CC(CC(C3)C1)C2.[Br-]. The minimum Gasteiger partial charge on any atom is -1.00 e. The number of nitrogens with one attached hydrogen (secondary N) is 1. The van der Waals surface area contributed by atoms with E-state index in [1.54, 1.807) is 4.90 Å². The molecule has 0 spiro atoms. The molecule has 11 nitrogen and oxygen atoms in total. The van der Waals surface area contributed by atoms with E-state index in [0.717, 1.165) is 38.5 Å². The second-order valence-corrected chi connectivity index (χ2v) is 37.3. The summed E-state index contributed by atoms with van der Waals surface area (Å²) in [6.07, 6.45) is 43.5. The first kappa shape index (κ1) is 85.9. The maximum absolute atomic E-state index is 12.3.